The van der Waals surface area contributed by atoms with E-state index in [1.165, 1.54) is 80.2 Å². The zero-order valence-electron chi connectivity index (χ0n) is 76.7. The van der Waals surface area contributed by atoms with Crippen LogP contribution in [0, 0.1) is 112 Å². The molecular formula is C100H92F8N16O13S4. The first-order valence-electron chi connectivity index (χ1n) is 45.7. The Labute approximate surface area is 806 Å². The second-order valence-electron chi connectivity index (χ2n) is 36.7. The maximum Gasteiger partial charge on any atom is 0.277 e. The van der Waals surface area contributed by atoms with Crippen LogP contribution in [-0.2, 0) is 85.0 Å². The zero-order valence-corrected chi connectivity index (χ0v) is 79.9. The van der Waals surface area contributed by atoms with E-state index < -0.39 is 111 Å². The van der Waals surface area contributed by atoms with Gasteiger partial charge in [-0.05, 0) is 262 Å². The lowest BCUT2D eigenvalue weighted by molar-refractivity contribution is -0.123. The average molecular weight is 2010 g/mol. The largest absolute Gasteiger partial charge is 0.443 e. The molecule has 0 radical (unpaired) electrons. The molecule has 0 N–H and O–H groups in total. The van der Waals surface area contributed by atoms with E-state index in [0.29, 0.717) is 133 Å². The molecule has 4 saturated carbocycles. The predicted octanol–water partition coefficient (Wildman–Crippen LogP) is 15.3. The Kier molecular flexibility index (Phi) is 27.6. The molecule has 17 heterocycles. The molecule has 8 aliphatic heterocycles. The van der Waals surface area contributed by atoms with Crippen LogP contribution in [0.1, 0.15) is 134 Å². The average Bonchev–Trinajstić information content (AvgIpc) is 1.59. The number of hydrogen-bond acceptors (Lipinski definition) is 25. The molecule has 29 nitrogen and oxygen atoms in total. The van der Waals surface area contributed by atoms with Crippen molar-refractivity contribution in [2.75, 3.05) is 0 Å². The molecule has 730 valence electrons. The van der Waals surface area contributed by atoms with E-state index in [1.807, 2.05) is 32.9 Å². The van der Waals surface area contributed by atoms with Gasteiger partial charge in [-0.2, -0.15) is 17.2 Å². The van der Waals surface area contributed by atoms with Crippen LogP contribution in [-0.4, -0.2) is 182 Å². The van der Waals surface area contributed by atoms with Crippen LogP contribution in [0.2, 0.25) is 0 Å². The third kappa shape index (κ3) is 19.9. The fraction of sp³-hybridized carbons (Fsp3) is 0.340. The van der Waals surface area contributed by atoms with Crippen LogP contribution < -0.4 is 0 Å². The Morgan fingerprint density at radius 2 is 0.681 bits per heavy atom. The van der Waals surface area contributed by atoms with Gasteiger partial charge < -0.3 is 4.42 Å². The second-order valence-corrected chi connectivity index (χ2v) is 44.0. The molecule has 0 amide bonds. The van der Waals surface area contributed by atoms with Crippen molar-refractivity contribution in [2.24, 2.45) is 23.7 Å². The Morgan fingerprint density at radius 3 is 1.10 bits per heavy atom. The maximum absolute atomic E-state index is 14.4. The van der Waals surface area contributed by atoms with Crippen molar-refractivity contribution in [3.63, 3.8) is 0 Å². The number of pyridine rings is 4. The molecule has 9 aromatic heterocycles. The summed E-state index contributed by atoms with van der Waals surface area (Å²) < 4.78 is 227. The maximum atomic E-state index is 14.4. The lowest BCUT2D eigenvalue weighted by Crippen LogP contribution is -2.41. The number of benzene rings is 4. The molecule has 8 saturated heterocycles. The molecule has 12 aliphatic rings. The number of aromatic nitrogens is 12. The highest BCUT2D eigenvalue weighted by Gasteiger charge is 2.62. The number of aryl methyl sites for hydroxylation is 10. The van der Waals surface area contributed by atoms with Crippen LogP contribution in [0.5, 0.6) is 0 Å². The van der Waals surface area contributed by atoms with Gasteiger partial charge in [0.2, 0.25) is 35.2 Å². The van der Waals surface area contributed by atoms with Crippen molar-refractivity contribution in [1.29, 1.82) is 0 Å². The Balaban J connectivity index is 0.000000124. The third-order valence-electron chi connectivity index (χ3n) is 27.7. The van der Waals surface area contributed by atoms with E-state index >= 15 is 0 Å². The standard InChI is InChI=1S/C26H22F2N4O4S.C25H24F2N4O3S.C25H25FN4O3S.C24H21F3N4O3S/c1-14-29-11-17(12-30-14)21-10-19(31-13-22(21)28)3-4-23(33)26-16-7-20(8-16)32(26)37(34,35)25-9-15-6-18(27)2-5-24(15)36-25;1-14-11-30-23(18-12-28-15(2)29-13-18)9-16(14)3-6-24(32)25-17-7-19(8-17)31(25)35(33,34)20-4-5-21(26)22(27)10-20;1-15-17(9-19(12-27-15)20-13-28-16(2)29-14-20)3-8-24(31)25-18-10-22(11-18)30(25)34(32,33)23-6-4-21(26)5-7-23;1-13-28-10-15(11-29-13)19-8-16(30-12-22(19)27)2-5-23(32)24-14-6-17(7-14)31(24)35(33,34)18-3-4-20(25)21(26)9-18/h2,5-6,9-13,16,20,26H,3-4,7-8H2,1H3;4-5,9-13,17,19,25H,3,6-8H2,1-2H3;4-7,9,12-14,18,22,25H,3,8,10-11H2,1-2H3;3-4,8-12,14,17,24H,2,5-7H2,1H3/t16?,20?,26-;17?,19?,25-;18?,22?,25-;14?,17?,24-/m0000/s1. The molecule has 4 aliphatic carbocycles. The van der Waals surface area contributed by atoms with Gasteiger partial charge in [-0.1, -0.05) is 0 Å². The number of ketones is 4. The minimum absolute atomic E-state index is 0.000155. The van der Waals surface area contributed by atoms with Gasteiger partial charge in [-0.15, -0.1) is 0 Å². The summed E-state index contributed by atoms with van der Waals surface area (Å²) in [7, 11) is -16.3. The number of furan rings is 1. The van der Waals surface area contributed by atoms with Gasteiger partial charge in [0.15, 0.2) is 46.4 Å². The number of Topliss-reactive ketones (excluding diaryl/α,β-unsaturated/α-hetero) is 4. The molecule has 4 aromatic carbocycles. The van der Waals surface area contributed by atoms with Crippen LogP contribution in [0.25, 0.3) is 55.6 Å². The number of carbonyl (C=O) groups is 4. The molecule has 41 heteroatoms. The fourth-order valence-corrected chi connectivity index (χ4v) is 27.5. The zero-order chi connectivity index (χ0) is 99.7. The normalized spacial score (nSPS) is 21.6. The molecule has 12 fully saturated rings. The quantitative estimate of drug-likeness (QED) is 0.0411. The van der Waals surface area contributed by atoms with E-state index in [9.17, 15) is 88.0 Å². The van der Waals surface area contributed by atoms with E-state index in [0.717, 1.165) is 92.2 Å². The number of halogens is 8. The van der Waals surface area contributed by atoms with Crippen LogP contribution in [0.15, 0.2) is 208 Å². The van der Waals surface area contributed by atoms with Gasteiger partial charge in [-0.3, -0.25) is 39.1 Å². The van der Waals surface area contributed by atoms with Crippen LogP contribution >= 0.6 is 0 Å². The van der Waals surface area contributed by atoms with Crippen molar-refractivity contribution >= 4 is 74.2 Å². The van der Waals surface area contributed by atoms with Gasteiger partial charge in [-0.25, -0.2) is 109 Å². The molecule has 0 unspecified atom stereocenters. The van der Waals surface area contributed by atoms with E-state index in [4.69, 9.17) is 4.42 Å². The Bertz CT molecular complexity index is 7560. The van der Waals surface area contributed by atoms with Crippen molar-refractivity contribution in [2.45, 2.75) is 212 Å². The number of rotatable bonds is 28. The predicted molar refractivity (Wildman–Crippen MR) is 495 cm³/mol. The van der Waals surface area contributed by atoms with E-state index in [2.05, 4.69) is 59.8 Å². The van der Waals surface area contributed by atoms with E-state index in [1.54, 1.807) is 64.0 Å². The van der Waals surface area contributed by atoms with Gasteiger partial charge in [0.1, 0.15) is 52.1 Å². The number of fused-ring (bicyclic) bond motifs is 5. The number of sulfonamides is 4. The van der Waals surface area contributed by atoms with Gasteiger partial charge >= 0.3 is 0 Å². The fourth-order valence-electron chi connectivity index (χ4n) is 20.0. The molecule has 0 spiro atoms. The number of carbonyl (C=O) groups excluding carboxylic acids is 4. The summed E-state index contributed by atoms with van der Waals surface area (Å²) >= 11 is 0. The Hall–Kier alpha value is -12.9. The minimum Gasteiger partial charge on any atom is -0.443 e. The molecule has 13 aromatic rings. The van der Waals surface area contributed by atoms with Crippen LogP contribution in [0.4, 0.5) is 35.1 Å². The topological polar surface area (TPSA) is 386 Å². The molecular weight excluding hydrogens is 1910 g/mol. The van der Waals surface area contributed by atoms with E-state index in [-0.39, 0.29) is 146 Å². The molecule has 25 rings (SSSR count). The highest BCUT2D eigenvalue weighted by Crippen LogP contribution is 2.54. The Morgan fingerprint density at radius 1 is 0.319 bits per heavy atom. The molecule has 141 heavy (non-hydrogen) atoms. The highest BCUT2D eigenvalue weighted by molar-refractivity contribution is 7.90. The summed E-state index contributed by atoms with van der Waals surface area (Å²) in [5, 5.41) is 0.0359. The summed E-state index contributed by atoms with van der Waals surface area (Å²) in [6, 6.07) is 17.6. The van der Waals surface area contributed by atoms with Crippen molar-refractivity contribution in [3.05, 3.63) is 287 Å². The lowest BCUT2D eigenvalue weighted by Gasteiger charge is -2.25. The monoisotopic (exact) mass is 2000 g/mol. The SMILES string of the molecule is Cc1ncc(-c2cc(CCC(=O)[C@@H]3C4CC(C4)N3S(=O)(=O)c3cc4cc(F)ccc4o3)ncc2F)cn1.Cc1ncc(-c2cc(CCC(=O)[C@@H]3C4CC(C4)N3S(=O)(=O)c3ccc(F)c(F)c3)c(C)cn2)cn1.Cc1ncc(-c2cc(CCC(=O)[C@@H]3C4CC(C4)N3S(=O)(=O)c3ccc(F)c(F)c3)ncc2F)cn1.Cc1ncc(-c2cnc(C)c(CCC(=O)[C@@H]3C4CC(C4)N3S(=O)(=O)c3ccc(F)cc3)c2)cn1. The lowest BCUT2D eigenvalue weighted by atomic mass is 9.81. The summed E-state index contributed by atoms with van der Waals surface area (Å²) in [5.41, 5.74) is 9.55. The van der Waals surface area contributed by atoms with Crippen LogP contribution in [0.3, 0.4) is 0 Å². The minimum atomic E-state index is -4.19. The number of nitrogens with zero attached hydrogens (tertiary/aromatic N) is 16. The summed E-state index contributed by atoms with van der Waals surface area (Å²) in [5.74, 6) is -5.32. The van der Waals surface area contributed by atoms with Gasteiger partial charge in [0, 0.05) is 179 Å². The highest BCUT2D eigenvalue weighted by atomic mass is 32.2. The first kappa shape index (κ1) is 98.3. The second kappa shape index (κ2) is 39.5. The third-order valence-corrected chi connectivity index (χ3v) is 35.3. The molecule has 4 atom stereocenters. The van der Waals surface area contributed by atoms with Gasteiger partial charge in [0.25, 0.3) is 10.0 Å². The summed E-state index contributed by atoms with van der Waals surface area (Å²) in [6.45, 7) is 10.9. The van der Waals surface area contributed by atoms with Gasteiger partial charge in [0.05, 0.1) is 56.9 Å². The first-order valence-corrected chi connectivity index (χ1v) is 51.5. The van der Waals surface area contributed by atoms with Crippen molar-refractivity contribution < 1.29 is 92.4 Å². The first-order chi connectivity index (χ1) is 67.2. The van der Waals surface area contributed by atoms with Crippen molar-refractivity contribution in [1.82, 2.24) is 77.0 Å². The molecule has 8 bridgehead atoms. The summed E-state index contributed by atoms with van der Waals surface area (Å²) in [6.07, 6.45) is 25.3. The smallest absolute Gasteiger partial charge is 0.277 e. The van der Waals surface area contributed by atoms with Crippen molar-refractivity contribution in [3.8, 4) is 44.6 Å². The summed E-state index contributed by atoms with van der Waals surface area (Å²) in [4.78, 5) is 103. The number of hydrogen-bond donors (Lipinski definition) is 0.